The van der Waals surface area contributed by atoms with E-state index in [4.69, 9.17) is 4.74 Å². The molecule has 2 aromatic rings. The van der Waals surface area contributed by atoms with Crippen LogP contribution in [0.5, 0.6) is 5.75 Å². The number of nitrogens with zero attached hydrogens (tertiary/aromatic N) is 3. The Hall–Kier alpha value is -2.59. The minimum Gasteiger partial charge on any atom is -0.497 e. The molecule has 1 amide bonds. The average molecular weight is 508 g/mol. The largest absolute Gasteiger partial charge is 0.497 e. The number of halogens is 3. The number of hydrogen-bond donors (Lipinski definition) is 0. The van der Waals surface area contributed by atoms with Crippen LogP contribution in [0.2, 0.25) is 0 Å². The van der Waals surface area contributed by atoms with Gasteiger partial charge in [0.05, 0.1) is 24.0 Å². The molecule has 180 valence electrons. The molecule has 34 heavy (non-hydrogen) atoms. The van der Waals surface area contributed by atoms with E-state index in [-0.39, 0.29) is 11.6 Å². The first-order chi connectivity index (χ1) is 16.3. The van der Waals surface area contributed by atoms with Crippen LogP contribution in [-0.2, 0) is 11.0 Å². The van der Waals surface area contributed by atoms with Crippen LogP contribution in [0.1, 0.15) is 32.3 Å². The number of ether oxygens (including phenoxy) is 1. The Kier molecular flexibility index (Phi) is 7.18. The highest BCUT2D eigenvalue weighted by Crippen LogP contribution is 2.51. The molecule has 10 heteroatoms. The molecule has 0 aromatic heterocycles. The van der Waals surface area contributed by atoms with Crippen LogP contribution in [0.25, 0.3) is 0 Å². The van der Waals surface area contributed by atoms with Gasteiger partial charge >= 0.3 is 6.18 Å². The maximum Gasteiger partial charge on any atom is 0.416 e. The van der Waals surface area contributed by atoms with Crippen molar-refractivity contribution in [1.82, 2.24) is 4.90 Å². The summed E-state index contributed by atoms with van der Waals surface area (Å²) in [6.07, 6.45) is -2.82. The van der Waals surface area contributed by atoms with Crippen LogP contribution in [0.4, 0.5) is 24.5 Å². The molecule has 0 radical (unpaired) electrons. The topological polar surface area (TPSA) is 45.1 Å². The van der Waals surface area contributed by atoms with E-state index < -0.39 is 11.7 Å². The van der Waals surface area contributed by atoms with Crippen molar-refractivity contribution in [2.45, 2.75) is 37.8 Å². The number of benzene rings is 2. The highest BCUT2D eigenvalue weighted by molar-refractivity contribution is 8.19. The molecule has 2 aliphatic rings. The number of carbonyl (C=O) groups excluding carboxylic acids is 1. The molecule has 1 saturated heterocycles. The molecule has 4 rings (SSSR count). The van der Waals surface area contributed by atoms with Crippen molar-refractivity contribution in [2.75, 3.05) is 25.1 Å². The fourth-order valence-electron chi connectivity index (χ4n) is 3.67. The first-order valence-electron chi connectivity index (χ1n) is 10.9. The summed E-state index contributed by atoms with van der Waals surface area (Å²) in [4.78, 5) is 23.1. The third-order valence-electron chi connectivity index (χ3n) is 5.42. The summed E-state index contributed by atoms with van der Waals surface area (Å²) in [7, 11) is 1.61. The summed E-state index contributed by atoms with van der Waals surface area (Å²) in [5.74, 6) is 0.552. The van der Waals surface area contributed by atoms with Crippen molar-refractivity contribution in [3.63, 3.8) is 0 Å². The summed E-state index contributed by atoms with van der Waals surface area (Å²) in [5, 5.41) is 1.20. The maximum atomic E-state index is 13.5. The number of amidine groups is 1. The number of hydrogen-bond acceptors (Lipinski definition) is 6. The SMILES string of the molecule is CCCCN1C(=O)C(=C2Sc3ccc(OC)cc3N2CC)SC1=Nc1cccc(C(F)(F)F)c1. The van der Waals surface area contributed by atoms with E-state index in [2.05, 4.69) is 9.89 Å². The zero-order chi connectivity index (χ0) is 24.5. The first-order valence-corrected chi connectivity index (χ1v) is 12.5. The Labute approximate surface area is 205 Å². The van der Waals surface area contributed by atoms with Gasteiger partial charge in [-0.3, -0.25) is 9.69 Å². The highest BCUT2D eigenvalue weighted by atomic mass is 32.2. The van der Waals surface area contributed by atoms with Crippen LogP contribution in [0, 0.1) is 0 Å². The Balaban J connectivity index is 1.74. The van der Waals surface area contributed by atoms with Crippen molar-refractivity contribution < 1.29 is 22.7 Å². The van der Waals surface area contributed by atoms with Crippen LogP contribution in [-0.4, -0.2) is 36.2 Å². The van der Waals surface area contributed by atoms with Crippen LogP contribution in [0.3, 0.4) is 0 Å². The van der Waals surface area contributed by atoms with Crippen molar-refractivity contribution in [3.05, 3.63) is 58.0 Å². The van der Waals surface area contributed by atoms with E-state index in [0.717, 1.165) is 46.3 Å². The van der Waals surface area contributed by atoms with E-state index in [0.29, 0.717) is 23.2 Å². The van der Waals surface area contributed by atoms with Gasteiger partial charge in [-0.1, -0.05) is 31.2 Å². The van der Waals surface area contributed by atoms with Gasteiger partial charge in [0.2, 0.25) is 0 Å². The van der Waals surface area contributed by atoms with Crippen LogP contribution in [0.15, 0.2) is 62.3 Å². The monoisotopic (exact) mass is 507 g/mol. The van der Waals surface area contributed by atoms with Gasteiger partial charge in [0.1, 0.15) is 15.7 Å². The van der Waals surface area contributed by atoms with Crippen molar-refractivity contribution in [3.8, 4) is 5.75 Å². The molecular weight excluding hydrogens is 483 g/mol. The first kappa shape index (κ1) is 24.5. The number of fused-ring (bicyclic) bond motifs is 1. The number of unbranched alkanes of at least 4 members (excludes halogenated alkanes) is 1. The van der Waals surface area contributed by atoms with Crippen molar-refractivity contribution >= 4 is 46.0 Å². The Bertz CT molecular complexity index is 1160. The average Bonchev–Trinajstić information content (AvgIpc) is 3.33. The second-order valence-electron chi connectivity index (χ2n) is 7.67. The van der Waals surface area contributed by atoms with E-state index in [1.165, 1.54) is 35.7 Å². The second kappa shape index (κ2) is 9.95. The number of carbonyl (C=O) groups is 1. The highest BCUT2D eigenvalue weighted by Gasteiger charge is 2.39. The Morgan fingerprint density at radius 2 is 1.85 bits per heavy atom. The molecule has 2 aliphatic heterocycles. The van der Waals surface area contributed by atoms with Gasteiger partial charge in [-0.15, -0.1) is 0 Å². The van der Waals surface area contributed by atoms with E-state index in [9.17, 15) is 18.0 Å². The number of methoxy groups -OCH3 is 1. The zero-order valence-electron chi connectivity index (χ0n) is 19.0. The van der Waals surface area contributed by atoms with E-state index >= 15 is 0 Å². The molecule has 5 nitrogen and oxygen atoms in total. The minimum absolute atomic E-state index is 0.164. The zero-order valence-corrected chi connectivity index (χ0v) is 20.6. The fraction of sp³-hybridized carbons (Fsp3) is 0.333. The van der Waals surface area contributed by atoms with Crippen LogP contribution < -0.4 is 9.64 Å². The normalized spacial score (nSPS) is 19.4. The minimum atomic E-state index is -4.46. The van der Waals surface area contributed by atoms with E-state index in [1.807, 2.05) is 32.0 Å². The molecule has 0 N–H and O–H groups in total. The van der Waals surface area contributed by atoms with Gasteiger partial charge in [-0.2, -0.15) is 13.2 Å². The predicted octanol–water partition coefficient (Wildman–Crippen LogP) is 6.88. The number of rotatable bonds is 6. The third-order valence-corrected chi connectivity index (χ3v) is 7.79. The molecular formula is C24H24F3N3O2S2. The lowest BCUT2D eigenvalue weighted by Crippen LogP contribution is -2.30. The molecule has 0 unspecified atom stereocenters. The van der Waals surface area contributed by atoms with Gasteiger partial charge in [0.25, 0.3) is 5.91 Å². The molecule has 0 saturated carbocycles. The summed E-state index contributed by atoms with van der Waals surface area (Å²) < 4.78 is 44.9. The van der Waals surface area contributed by atoms with Gasteiger partial charge in [-0.05, 0) is 55.4 Å². The summed E-state index contributed by atoms with van der Waals surface area (Å²) in [6.45, 7) is 5.13. The molecule has 1 fully saturated rings. The lowest BCUT2D eigenvalue weighted by molar-refractivity contribution is -0.137. The Morgan fingerprint density at radius 1 is 1.06 bits per heavy atom. The van der Waals surface area contributed by atoms with Gasteiger partial charge in [0, 0.05) is 24.1 Å². The molecule has 2 aromatic carbocycles. The Morgan fingerprint density at radius 3 is 2.53 bits per heavy atom. The fourth-order valence-corrected chi connectivity index (χ4v) is 6.07. The number of alkyl halides is 3. The summed E-state index contributed by atoms with van der Waals surface area (Å²) in [5.41, 5.74) is 0.360. The lowest BCUT2D eigenvalue weighted by atomic mass is 10.2. The van der Waals surface area contributed by atoms with Gasteiger partial charge < -0.3 is 9.64 Å². The number of thioether (sulfide) groups is 2. The number of aliphatic imine (C=N–C) groups is 1. The molecule has 2 heterocycles. The molecule has 0 atom stereocenters. The molecule has 0 spiro atoms. The quantitative estimate of drug-likeness (QED) is 0.399. The second-order valence-corrected chi connectivity index (χ2v) is 9.68. The summed E-state index contributed by atoms with van der Waals surface area (Å²) in [6, 6.07) is 10.6. The van der Waals surface area contributed by atoms with Gasteiger partial charge in [-0.25, -0.2) is 4.99 Å². The van der Waals surface area contributed by atoms with Gasteiger partial charge in [0.15, 0.2) is 5.17 Å². The lowest BCUT2D eigenvalue weighted by Gasteiger charge is -2.19. The maximum absolute atomic E-state index is 13.5. The number of amides is 1. The molecule has 0 aliphatic carbocycles. The standard InChI is InChI=1S/C24H24F3N3O2S2/c1-4-6-12-30-21(31)20(22-29(5-2)18-14-17(32-3)10-11-19(18)33-22)34-23(30)28-16-9-7-8-15(13-16)24(25,26)27/h7-11,13-14H,4-6,12H2,1-3H3. The van der Waals surface area contributed by atoms with Crippen LogP contribution >= 0.6 is 23.5 Å². The van der Waals surface area contributed by atoms with E-state index in [1.54, 1.807) is 12.0 Å². The predicted molar refractivity (Wildman–Crippen MR) is 132 cm³/mol. The van der Waals surface area contributed by atoms with Crippen molar-refractivity contribution in [2.24, 2.45) is 4.99 Å². The van der Waals surface area contributed by atoms with Crippen molar-refractivity contribution in [1.29, 1.82) is 0 Å². The smallest absolute Gasteiger partial charge is 0.416 e. The molecule has 0 bridgehead atoms. The number of anilines is 1. The third kappa shape index (κ3) is 4.79. The summed E-state index contributed by atoms with van der Waals surface area (Å²) >= 11 is 2.72.